The summed E-state index contributed by atoms with van der Waals surface area (Å²) in [6.07, 6.45) is 12.8. The molecule has 9 atom stereocenters. The Morgan fingerprint density at radius 3 is 2.38 bits per heavy atom. The van der Waals surface area contributed by atoms with Gasteiger partial charge in [-0.15, -0.1) is 0 Å². The molecule has 1 spiro atoms. The molecule has 220 valence electrons. The fourth-order valence-corrected chi connectivity index (χ4v) is 10.8. The lowest BCUT2D eigenvalue weighted by atomic mass is 9.44. The minimum absolute atomic E-state index is 0.0234. The number of hydrogen-bond donors (Lipinski definition) is 0. The van der Waals surface area contributed by atoms with Crippen LogP contribution in [0.4, 0.5) is 0 Å². The number of fused-ring (bicyclic) bond motifs is 3. The van der Waals surface area contributed by atoms with Gasteiger partial charge in [0.1, 0.15) is 5.60 Å². The van der Waals surface area contributed by atoms with Crippen LogP contribution in [0.5, 0.6) is 0 Å². The zero-order valence-corrected chi connectivity index (χ0v) is 25.2. The van der Waals surface area contributed by atoms with E-state index in [9.17, 15) is 4.79 Å². The standard InChI is InChI=1S/C38H45NO3/c1-36-19-17-30(41-25-27-11-7-4-8-12-27)21-29(36)14-15-32-31(36)18-20-37(2)33(22-34-38(32,37)42-34)28-13-16-35(40)39(24-28)23-26-9-5-3-6-10-26/h3-13,16,24,29-34H,14-15,17-23,25H2,1-2H3/t29-,30+,31+,32-,33-,34-,36+,37-,38-/m1/s1. The van der Waals surface area contributed by atoms with Crippen molar-refractivity contribution in [3.63, 3.8) is 0 Å². The van der Waals surface area contributed by atoms with E-state index >= 15 is 0 Å². The molecule has 4 saturated carbocycles. The molecule has 42 heavy (non-hydrogen) atoms. The van der Waals surface area contributed by atoms with Gasteiger partial charge in [-0.25, -0.2) is 0 Å². The maximum Gasteiger partial charge on any atom is 0.250 e. The van der Waals surface area contributed by atoms with Crippen LogP contribution in [-0.2, 0) is 22.6 Å². The van der Waals surface area contributed by atoms with Gasteiger partial charge in [-0.3, -0.25) is 4.79 Å². The van der Waals surface area contributed by atoms with E-state index in [4.69, 9.17) is 9.47 Å². The predicted octanol–water partition coefficient (Wildman–Crippen LogP) is 7.74. The van der Waals surface area contributed by atoms with E-state index in [1.807, 2.05) is 10.6 Å². The van der Waals surface area contributed by atoms with Crippen molar-refractivity contribution in [2.24, 2.45) is 28.6 Å². The van der Waals surface area contributed by atoms with Crippen LogP contribution in [0, 0.1) is 28.6 Å². The van der Waals surface area contributed by atoms with Crippen molar-refractivity contribution in [2.45, 2.75) is 102 Å². The second-order valence-corrected chi connectivity index (χ2v) is 14.7. The summed E-state index contributed by atoms with van der Waals surface area (Å²) in [6.45, 7) is 6.53. The van der Waals surface area contributed by atoms with Gasteiger partial charge in [0.15, 0.2) is 0 Å². The van der Waals surface area contributed by atoms with E-state index in [1.165, 1.54) is 61.6 Å². The van der Waals surface area contributed by atoms with Crippen LogP contribution in [0.3, 0.4) is 0 Å². The van der Waals surface area contributed by atoms with Crippen LogP contribution in [-0.4, -0.2) is 22.4 Å². The number of epoxide rings is 1. The predicted molar refractivity (Wildman–Crippen MR) is 165 cm³/mol. The number of ether oxygens (including phenoxy) is 2. The molecule has 1 saturated heterocycles. The Hall–Kier alpha value is -2.69. The molecule has 4 aliphatic carbocycles. The highest BCUT2D eigenvalue weighted by molar-refractivity contribution is 5.35. The Kier molecular flexibility index (Phi) is 6.36. The molecular formula is C38H45NO3. The normalized spacial score (nSPS) is 40.0. The molecule has 0 bridgehead atoms. The van der Waals surface area contributed by atoms with Crippen molar-refractivity contribution in [3.05, 3.63) is 106 Å². The van der Waals surface area contributed by atoms with Gasteiger partial charge >= 0.3 is 0 Å². The molecule has 5 fully saturated rings. The first-order chi connectivity index (χ1) is 20.4. The summed E-state index contributed by atoms with van der Waals surface area (Å²) < 4.78 is 15.3. The van der Waals surface area contributed by atoms with Crippen molar-refractivity contribution in [1.82, 2.24) is 4.57 Å². The van der Waals surface area contributed by atoms with Gasteiger partial charge in [0.05, 0.1) is 25.4 Å². The Morgan fingerprint density at radius 2 is 1.60 bits per heavy atom. The molecule has 0 N–H and O–H groups in total. The van der Waals surface area contributed by atoms with Gasteiger partial charge in [-0.05, 0) is 97.1 Å². The van der Waals surface area contributed by atoms with Gasteiger partial charge in [0.2, 0.25) is 0 Å². The summed E-state index contributed by atoms with van der Waals surface area (Å²) in [6, 6.07) is 24.9. The number of hydrogen-bond acceptors (Lipinski definition) is 3. The van der Waals surface area contributed by atoms with Gasteiger partial charge in [-0.1, -0.05) is 80.6 Å². The lowest BCUT2D eigenvalue weighted by Gasteiger charge is -2.61. The smallest absolute Gasteiger partial charge is 0.250 e. The lowest BCUT2D eigenvalue weighted by molar-refractivity contribution is -0.146. The largest absolute Gasteiger partial charge is 0.374 e. The molecule has 8 rings (SSSR count). The Labute approximate surface area is 250 Å². The molecular weight excluding hydrogens is 518 g/mol. The zero-order valence-electron chi connectivity index (χ0n) is 25.2. The van der Waals surface area contributed by atoms with Crippen LogP contribution in [0.15, 0.2) is 83.8 Å². The lowest BCUT2D eigenvalue weighted by Crippen LogP contribution is -2.58. The quantitative estimate of drug-likeness (QED) is 0.288. The molecule has 4 heteroatoms. The van der Waals surface area contributed by atoms with E-state index in [2.05, 4.69) is 80.7 Å². The molecule has 3 aromatic rings. The van der Waals surface area contributed by atoms with E-state index in [-0.39, 0.29) is 16.6 Å². The molecule has 1 aliphatic heterocycles. The molecule has 2 aromatic carbocycles. The first-order valence-electron chi connectivity index (χ1n) is 16.5. The van der Waals surface area contributed by atoms with Gasteiger partial charge < -0.3 is 14.0 Å². The van der Waals surface area contributed by atoms with Crippen molar-refractivity contribution < 1.29 is 9.47 Å². The van der Waals surface area contributed by atoms with Crippen molar-refractivity contribution >= 4 is 0 Å². The van der Waals surface area contributed by atoms with Gasteiger partial charge in [0, 0.05) is 17.7 Å². The van der Waals surface area contributed by atoms with Crippen LogP contribution in [0.25, 0.3) is 0 Å². The third-order valence-electron chi connectivity index (χ3n) is 13.0. The van der Waals surface area contributed by atoms with E-state index < -0.39 is 0 Å². The highest BCUT2D eigenvalue weighted by atomic mass is 16.6. The molecule has 0 radical (unpaired) electrons. The number of nitrogens with zero attached hydrogens (tertiary/aromatic N) is 1. The van der Waals surface area contributed by atoms with E-state index in [0.29, 0.717) is 36.0 Å². The summed E-state index contributed by atoms with van der Waals surface area (Å²) in [5.41, 5.74) is 4.41. The highest BCUT2D eigenvalue weighted by Gasteiger charge is 2.80. The Bertz CT molecular complexity index is 1500. The minimum Gasteiger partial charge on any atom is -0.374 e. The Balaban J connectivity index is 1.00. The summed E-state index contributed by atoms with van der Waals surface area (Å²) in [5, 5.41) is 0. The average molecular weight is 564 g/mol. The molecule has 1 aromatic heterocycles. The summed E-state index contributed by atoms with van der Waals surface area (Å²) in [5.74, 6) is 2.61. The third-order valence-corrected chi connectivity index (χ3v) is 13.0. The number of pyridine rings is 1. The van der Waals surface area contributed by atoms with Crippen molar-refractivity contribution in [3.8, 4) is 0 Å². The molecule has 0 amide bonds. The fraction of sp³-hybridized carbons (Fsp3) is 0.553. The third kappa shape index (κ3) is 4.04. The zero-order chi connectivity index (χ0) is 28.5. The highest BCUT2D eigenvalue weighted by Crippen LogP contribution is 2.78. The van der Waals surface area contributed by atoms with Crippen LogP contribution in [0.2, 0.25) is 0 Å². The summed E-state index contributed by atoms with van der Waals surface area (Å²) in [7, 11) is 0. The minimum atomic E-state index is 0.0234. The molecule has 0 unspecified atom stereocenters. The SMILES string of the molecule is C[C@]12CC[C@H](OCc3ccccc3)C[C@H]1CC[C@@H]1[C@@H]2CC[C@]2(C)[C@@H](c3ccc(=O)n(Cc4ccccc4)c3)C[C@H]3O[C@]132. The van der Waals surface area contributed by atoms with Crippen LogP contribution < -0.4 is 5.56 Å². The van der Waals surface area contributed by atoms with Gasteiger partial charge in [0.25, 0.3) is 5.56 Å². The van der Waals surface area contributed by atoms with E-state index in [0.717, 1.165) is 24.9 Å². The number of rotatable bonds is 6. The van der Waals surface area contributed by atoms with Crippen molar-refractivity contribution in [2.75, 3.05) is 0 Å². The van der Waals surface area contributed by atoms with Crippen LogP contribution >= 0.6 is 0 Å². The fourth-order valence-electron chi connectivity index (χ4n) is 10.8. The average Bonchev–Trinajstić information content (AvgIpc) is 3.67. The Morgan fingerprint density at radius 1 is 0.833 bits per heavy atom. The first-order valence-corrected chi connectivity index (χ1v) is 16.5. The topological polar surface area (TPSA) is 43.8 Å². The first kappa shape index (κ1) is 26.9. The van der Waals surface area contributed by atoms with E-state index in [1.54, 1.807) is 6.07 Å². The maximum atomic E-state index is 12.8. The molecule has 5 aliphatic rings. The molecule has 4 nitrogen and oxygen atoms in total. The number of benzene rings is 2. The monoisotopic (exact) mass is 563 g/mol. The summed E-state index contributed by atoms with van der Waals surface area (Å²) >= 11 is 0. The number of aromatic nitrogens is 1. The second kappa shape index (κ2) is 9.92. The van der Waals surface area contributed by atoms with Crippen LogP contribution in [0.1, 0.15) is 87.8 Å². The summed E-state index contributed by atoms with van der Waals surface area (Å²) in [4.78, 5) is 12.8. The maximum absolute atomic E-state index is 12.8. The van der Waals surface area contributed by atoms with Gasteiger partial charge in [-0.2, -0.15) is 0 Å². The second-order valence-electron chi connectivity index (χ2n) is 14.7. The molecule has 2 heterocycles. The van der Waals surface area contributed by atoms with Crippen molar-refractivity contribution in [1.29, 1.82) is 0 Å².